The first kappa shape index (κ1) is 11.9. The number of nitrogens with zero attached hydrogens (tertiary/aromatic N) is 1. The van der Waals surface area contributed by atoms with Crippen molar-refractivity contribution >= 4 is 6.41 Å². The second-order valence-corrected chi connectivity index (χ2v) is 2.80. The lowest BCUT2D eigenvalue weighted by Crippen LogP contribution is -3.00. The second kappa shape index (κ2) is 5.54. The number of hydrogen-bond donors (Lipinski definition) is 1. The summed E-state index contributed by atoms with van der Waals surface area (Å²) in [6.45, 7) is 1.95. The molecule has 1 aromatic rings. The normalized spacial score (nSPS) is 11.2. The zero-order chi connectivity index (χ0) is 8.97. The largest absolute Gasteiger partial charge is 1.00 e. The molecule has 0 fully saturated rings. The Labute approximate surface area is 84.2 Å². The quantitative estimate of drug-likeness (QED) is 0.419. The van der Waals surface area contributed by atoms with Crippen LogP contribution in [0.5, 0.6) is 0 Å². The van der Waals surface area contributed by atoms with Crippen LogP contribution < -0.4 is 22.3 Å². The van der Waals surface area contributed by atoms with Crippen LogP contribution in [0.4, 0.5) is 0 Å². The summed E-state index contributed by atoms with van der Waals surface area (Å²) in [6.07, 6.45) is 4.63. The lowest BCUT2D eigenvalue weighted by Gasteiger charge is -2.08. The fraction of sp³-hybridized carbons (Fsp3) is 0.333. The third kappa shape index (κ3) is 3.42. The minimum Gasteiger partial charge on any atom is -1.00 e. The molecule has 1 aromatic heterocycles. The third-order valence-corrected chi connectivity index (χ3v) is 1.82. The summed E-state index contributed by atoms with van der Waals surface area (Å²) < 4.78 is 1.96. The van der Waals surface area contributed by atoms with Gasteiger partial charge in [0, 0.05) is 12.1 Å². The molecule has 0 aromatic carbocycles. The van der Waals surface area contributed by atoms with Crippen LogP contribution in [0.2, 0.25) is 0 Å². The van der Waals surface area contributed by atoms with E-state index in [9.17, 15) is 4.79 Å². The SMILES string of the molecule is CC(NC=O)c1cc[n+](C)cc1.[Cl-]. The highest BCUT2D eigenvalue weighted by atomic mass is 35.5. The fourth-order valence-corrected chi connectivity index (χ4v) is 0.999. The van der Waals surface area contributed by atoms with Gasteiger partial charge in [-0.15, -0.1) is 0 Å². The van der Waals surface area contributed by atoms with E-state index >= 15 is 0 Å². The maximum absolute atomic E-state index is 10.1. The average Bonchev–Trinajstić information content (AvgIpc) is 2.06. The smallest absolute Gasteiger partial charge is 0.207 e. The molecule has 1 unspecified atom stereocenters. The zero-order valence-electron chi connectivity index (χ0n) is 7.70. The molecule has 0 bridgehead atoms. The molecule has 4 heteroatoms. The van der Waals surface area contributed by atoms with Crippen LogP contribution in [0.25, 0.3) is 0 Å². The van der Waals surface area contributed by atoms with E-state index in [-0.39, 0.29) is 18.4 Å². The van der Waals surface area contributed by atoms with Crippen molar-refractivity contribution in [1.29, 1.82) is 0 Å². The van der Waals surface area contributed by atoms with Crippen LogP contribution in [-0.4, -0.2) is 6.41 Å². The maximum atomic E-state index is 10.1. The molecule has 1 atom stereocenters. The molecular weight excluding hydrogens is 188 g/mol. The van der Waals surface area contributed by atoms with E-state index in [1.165, 1.54) is 0 Å². The minimum absolute atomic E-state index is 0. The fourth-order valence-electron chi connectivity index (χ4n) is 0.999. The van der Waals surface area contributed by atoms with E-state index in [2.05, 4.69) is 5.32 Å². The number of aromatic nitrogens is 1. The van der Waals surface area contributed by atoms with E-state index in [1.54, 1.807) is 0 Å². The minimum atomic E-state index is 0. The molecule has 0 saturated heterocycles. The average molecular weight is 201 g/mol. The molecule has 0 aliphatic carbocycles. The summed E-state index contributed by atoms with van der Waals surface area (Å²) in [6, 6.07) is 4.06. The summed E-state index contributed by atoms with van der Waals surface area (Å²) in [5.41, 5.74) is 1.11. The summed E-state index contributed by atoms with van der Waals surface area (Å²) >= 11 is 0. The van der Waals surface area contributed by atoms with Gasteiger partial charge in [0.05, 0.1) is 6.04 Å². The monoisotopic (exact) mass is 200 g/mol. The highest BCUT2D eigenvalue weighted by Gasteiger charge is 2.03. The van der Waals surface area contributed by atoms with Gasteiger partial charge in [-0.05, 0) is 12.5 Å². The van der Waals surface area contributed by atoms with Gasteiger partial charge in [0.2, 0.25) is 6.41 Å². The van der Waals surface area contributed by atoms with E-state index in [4.69, 9.17) is 0 Å². The number of carbonyl (C=O) groups excluding carboxylic acids is 1. The summed E-state index contributed by atoms with van der Waals surface area (Å²) in [5.74, 6) is 0. The van der Waals surface area contributed by atoms with Crippen LogP contribution >= 0.6 is 0 Å². The Hall–Kier alpha value is -1.09. The molecule has 1 rings (SSSR count). The van der Waals surface area contributed by atoms with E-state index in [0.29, 0.717) is 0 Å². The summed E-state index contributed by atoms with van der Waals surface area (Å²) in [7, 11) is 1.96. The highest BCUT2D eigenvalue weighted by Crippen LogP contribution is 2.07. The van der Waals surface area contributed by atoms with Crippen LogP contribution in [0, 0.1) is 0 Å². The first-order valence-corrected chi connectivity index (χ1v) is 3.89. The molecule has 0 aliphatic heterocycles. The number of aryl methyl sites for hydroxylation is 1. The Kier molecular flexibility index (Phi) is 5.07. The van der Waals surface area contributed by atoms with Gasteiger partial charge in [-0.3, -0.25) is 4.79 Å². The lowest BCUT2D eigenvalue weighted by molar-refractivity contribution is -0.671. The molecule has 1 N–H and O–H groups in total. The number of hydrogen-bond acceptors (Lipinski definition) is 1. The van der Waals surface area contributed by atoms with Crippen LogP contribution in [0.3, 0.4) is 0 Å². The zero-order valence-corrected chi connectivity index (χ0v) is 8.45. The number of rotatable bonds is 3. The van der Waals surface area contributed by atoms with E-state index < -0.39 is 0 Å². The molecule has 3 nitrogen and oxygen atoms in total. The molecule has 1 heterocycles. The van der Waals surface area contributed by atoms with Gasteiger partial charge in [0.1, 0.15) is 7.05 Å². The topological polar surface area (TPSA) is 33.0 Å². The van der Waals surface area contributed by atoms with Gasteiger partial charge in [-0.1, -0.05) is 0 Å². The second-order valence-electron chi connectivity index (χ2n) is 2.80. The molecule has 0 aliphatic rings. The van der Waals surface area contributed by atoms with Crippen molar-refractivity contribution in [2.75, 3.05) is 0 Å². The van der Waals surface area contributed by atoms with Crippen LogP contribution in [-0.2, 0) is 11.8 Å². The molecular formula is C9H13ClN2O. The van der Waals surface area contributed by atoms with Crippen LogP contribution in [0.1, 0.15) is 18.5 Å². The van der Waals surface area contributed by atoms with E-state index in [1.807, 2.05) is 43.1 Å². The van der Waals surface area contributed by atoms with Crippen molar-refractivity contribution in [2.24, 2.45) is 7.05 Å². The standard InChI is InChI=1S/C9H12N2O.ClH/c1-8(10-7-12)9-3-5-11(2)6-4-9;/h3-8H,1-2H3;1H. The van der Waals surface area contributed by atoms with E-state index in [0.717, 1.165) is 12.0 Å². The number of pyridine rings is 1. The first-order chi connectivity index (χ1) is 5.74. The first-order valence-electron chi connectivity index (χ1n) is 3.89. The number of amides is 1. The van der Waals surface area contributed by atoms with Gasteiger partial charge >= 0.3 is 0 Å². The molecule has 0 spiro atoms. The molecule has 72 valence electrons. The predicted molar refractivity (Wildman–Crippen MR) is 45.2 cm³/mol. The van der Waals surface area contributed by atoms with Crippen molar-refractivity contribution in [3.63, 3.8) is 0 Å². The molecule has 1 amide bonds. The lowest BCUT2D eigenvalue weighted by atomic mass is 10.1. The number of carbonyl (C=O) groups is 1. The van der Waals surface area contributed by atoms with Gasteiger partial charge in [0.25, 0.3) is 0 Å². The van der Waals surface area contributed by atoms with Crippen molar-refractivity contribution in [3.05, 3.63) is 30.1 Å². The third-order valence-electron chi connectivity index (χ3n) is 1.82. The summed E-state index contributed by atoms with van der Waals surface area (Å²) in [5, 5.41) is 2.69. The van der Waals surface area contributed by atoms with Crippen molar-refractivity contribution < 1.29 is 21.8 Å². The number of halogens is 1. The van der Waals surface area contributed by atoms with Gasteiger partial charge in [0.15, 0.2) is 12.4 Å². The molecule has 0 saturated carbocycles. The van der Waals surface area contributed by atoms with Gasteiger partial charge in [-0.2, -0.15) is 0 Å². The maximum Gasteiger partial charge on any atom is 0.207 e. The van der Waals surface area contributed by atoms with Crippen molar-refractivity contribution in [1.82, 2.24) is 5.32 Å². The molecule has 0 radical (unpaired) electrons. The Morgan fingerprint density at radius 2 is 2.00 bits per heavy atom. The Bertz CT molecular complexity index is 261. The van der Waals surface area contributed by atoms with Gasteiger partial charge in [-0.25, -0.2) is 4.57 Å². The molecule has 13 heavy (non-hydrogen) atoms. The summed E-state index contributed by atoms with van der Waals surface area (Å²) in [4.78, 5) is 10.1. The Morgan fingerprint density at radius 3 is 2.46 bits per heavy atom. The highest BCUT2D eigenvalue weighted by molar-refractivity contribution is 5.47. The Balaban J connectivity index is 0.00000144. The number of nitrogens with one attached hydrogen (secondary N) is 1. The Morgan fingerprint density at radius 1 is 1.46 bits per heavy atom. The predicted octanol–water partition coefficient (Wildman–Crippen LogP) is -2.68. The van der Waals surface area contributed by atoms with Crippen molar-refractivity contribution in [3.8, 4) is 0 Å². The van der Waals surface area contributed by atoms with Crippen molar-refractivity contribution in [2.45, 2.75) is 13.0 Å². The van der Waals surface area contributed by atoms with Crippen LogP contribution in [0.15, 0.2) is 24.5 Å². The van der Waals surface area contributed by atoms with Gasteiger partial charge < -0.3 is 17.7 Å².